The third-order valence-electron chi connectivity index (χ3n) is 2.88. The summed E-state index contributed by atoms with van der Waals surface area (Å²) in [7, 11) is 1.92. The van der Waals surface area contributed by atoms with E-state index in [2.05, 4.69) is 5.32 Å². The highest BCUT2D eigenvalue weighted by Crippen LogP contribution is 2.17. The molecule has 0 bridgehead atoms. The summed E-state index contributed by atoms with van der Waals surface area (Å²) in [4.78, 5) is 13.8. The van der Waals surface area contributed by atoms with Crippen molar-refractivity contribution >= 4 is 29.0 Å². The Hall–Kier alpha value is -1.20. The highest BCUT2D eigenvalue weighted by Gasteiger charge is 2.12. The third kappa shape index (κ3) is 5.12. The minimum Gasteiger partial charge on any atom is -0.395 e. The number of aliphatic hydroxyl groups excluding tert-OH is 1. The highest BCUT2D eigenvalue weighted by atomic mass is 32.2. The average Bonchev–Trinajstić information content (AvgIpc) is 2.40. The molecule has 0 spiro atoms. The van der Waals surface area contributed by atoms with Gasteiger partial charge in [0.1, 0.15) is 0 Å². The summed E-state index contributed by atoms with van der Waals surface area (Å²) in [6, 6.07) is 7.63. The summed E-state index contributed by atoms with van der Waals surface area (Å²) >= 11 is 1.67. The lowest BCUT2D eigenvalue weighted by atomic mass is 10.2. The first-order valence-corrected chi connectivity index (χ1v) is 7.69. The van der Waals surface area contributed by atoms with Gasteiger partial charge in [0, 0.05) is 36.6 Å². The summed E-state index contributed by atoms with van der Waals surface area (Å²) in [5, 5.41) is 11.8. The van der Waals surface area contributed by atoms with Crippen molar-refractivity contribution in [2.75, 3.05) is 42.4 Å². The molecule has 1 amide bonds. The minimum absolute atomic E-state index is 0.00624. The molecule has 1 unspecified atom stereocenters. The van der Waals surface area contributed by atoms with E-state index in [-0.39, 0.29) is 18.4 Å². The van der Waals surface area contributed by atoms with E-state index >= 15 is 0 Å². The van der Waals surface area contributed by atoms with E-state index in [1.807, 2.05) is 49.4 Å². The number of anilines is 2. The van der Waals surface area contributed by atoms with Crippen LogP contribution < -0.4 is 10.2 Å². The zero-order chi connectivity index (χ0) is 14.3. The number of benzene rings is 1. The topological polar surface area (TPSA) is 52.6 Å². The summed E-state index contributed by atoms with van der Waals surface area (Å²) in [5.41, 5.74) is 1.82. The molecule has 0 saturated carbocycles. The van der Waals surface area contributed by atoms with E-state index < -0.39 is 0 Å². The van der Waals surface area contributed by atoms with Gasteiger partial charge in [0.15, 0.2) is 0 Å². The van der Waals surface area contributed by atoms with E-state index in [4.69, 9.17) is 5.11 Å². The number of carbonyl (C=O) groups is 1. The molecule has 1 rings (SSSR count). The lowest BCUT2D eigenvalue weighted by molar-refractivity contribution is -0.118. The van der Waals surface area contributed by atoms with Crippen molar-refractivity contribution in [1.29, 1.82) is 0 Å². The quantitative estimate of drug-likeness (QED) is 0.804. The number of nitrogens with zero attached hydrogens (tertiary/aromatic N) is 1. The maximum atomic E-state index is 11.9. The SMILES string of the molecule is CSCC(C)C(=O)Nc1ccc(N(C)CCO)cc1. The van der Waals surface area contributed by atoms with E-state index in [0.29, 0.717) is 6.54 Å². The van der Waals surface area contributed by atoms with Crippen LogP contribution in [0.4, 0.5) is 11.4 Å². The maximum absolute atomic E-state index is 11.9. The molecule has 0 saturated heterocycles. The Bertz CT molecular complexity index is 395. The third-order valence-corrected chi connectivity index (χ3v) is 3.71. The molecule has 0 aliphatic carbocycles. The second-order valence-corrected chi connectivity index (χ2v) is 5.45. The highest BCUT2D eigenvalue weighted by molar-refractivity contribution is 7.98. The molecule has 0 aliphatic rings. The second-order valence-electron chi connectivity index (χ2n) is 4.54. The Morgan fingerprint density at radius 2 is 2.05 bits per heavy atom. The number of hydrogen-bond acceptors (Lipinski definition) is 4. The van der Waals surface area contributed by atoms with Crippen LogP contribution in [0.3, 0.4) is 0 Å². The fourth-order valence-corrected chi connectivity index (χ4v) is 2.32. The number of thioether (sulfide) groups is 1. The van der Waals surface area contributed by atoms with E-state index in [0.717, 1.165) is 17.1 Å². The molecule has 0 heterocycles. The molecule has 0 aromatic heterocycles. The number of likely N-dealkylation sites (N-methyl/N-ethyl adjacent to an activating group) is 1. The molecule has 1 atom stereocenters. The first-order chi connectivity index (χ1) is 9.08. The first kappa shape index (κ1) is 15.9. The Labute approximate surface area is 119 Å². The minimum atomic E-state index is 0.00624. The van der Waals surface area contributed by atoms with Crippen molar-refractivity contribution in [3.05, 3.63) is 24.3 Å². The number of aliphatic hydroxyl groups is 1. The zero-order valence-corrected chi connectivity index (χ0v) is 12.5. The van der Waals surface area contributed by atoms with Gasteiger partial charge in [-0.1, -0.05) is 6.92 Å². The molecule has 19 heavy (non-hydrogen) atoms. The van der Waals surface area contributed by atoms with Gasteiger partial charge >= 0.3 is 0 Å². The Balaban J connectivity index is 2.59. The summed E-state index contributed by atoms with van der Waals surface area (Å²) < 4.78 is 0. The number of rotatable bonds is 7. The van der Waals surface area contributed by atoms with Crippen LogP contribution >= 0.6 is 11.8 Å². The summed E-state index contributed by atoms with van der Waals surface area (Å²) in [6.07, 6.45) is 2.00. The van der Waals surface area contributed by atoms with Gasteiger partial charge in [-0.25, -0.2) is 0 Å². The van der Waals surface area contributed by atoms with Crippen molar-refractivity contribution in [2.45, 2.75) is 6.92 Å². The fraction of sp³-hybridized carbons (Fsp3) is 0.500. The Morgan fingerprint density at radius 1 is 1.42 bits per heavy atom. The lowest BCUT2D eigenvalue weighted by Crippen LogP contribution is -2.22. The number of carbonyl (C=O) groups excluding carboxylic acids is 1. The molecule has 0 aliphatic heterocycles. The van der Waals surface area contributed by atoms with Gasteiger partial charge in [-0.15, -0.1) is 0 Å². The number of nitrogens with one attached hydrogen (secondary N) is 1. The molecular weight excluding hydrogens is 260 g/mol. The number of amides is 1. The van der Waals surface area contributed by atoms with E-state index in [1.165, 1.54) is 0 Å². The second kappa shape index (κ2) is 8.07. The van der Waals surface area contributed by atoms with Gasteiger partial charge in [-0.05, 0) is 30.5 Å². The number of hydrogen-bond donors (Lipinski definition) is 2. The zero-order valence-electron chi connectivity index (χ0n) is 11.7. The molecule has 2 N–H and O–H groups in total. The largest absolute Gasteiger partial charge is 0.395 e. The summed E-state index contributed by atoms with van der Waals surface area (Å²) in [5.74, 6) is 0.876. The smallest absolute Gasteiger partial charge is 0.228 e. The Morgan fingerprint density at radius 3 is 2.58 bits per heavy atom. The normalized spacial score (nSPS) is 12.0. The van der Waals surface area contributed by atoms with Crippen LogP contribution in [-0.2, 0) is 4.79 Å². The van der Waals surface area contributed by atoms with Crippen molar-refractivity contribution in [2.24, 2.45) is 5.92 Å². The predicted octanol–water partition coefficient (Wildman–Crippen LogP) is 2.05. The van der Waals surface area contributed by atoms with Gasteiger partial charge in [0.2, 0.25) is 5.91 Å². The van der Waals surface area contributed by atoms with Gasteiger partial charge in [-0.2, -0.15) is 11.8 Å². The van der Waals surface area contributed by atoms with Gasteiger partial charge < -0.3 is 15.3 Å². The van der Waals surface area contributed by atoms with Gasteiger partial charge in [0.05, 0.1) is 6.61 Å². The van der Waals surface area contributed by atoms with Crippen LogP contribution in [0, 0.1) is 5.92 Å². The van der Waals surface area contributed by atoms with Gasteiger partial charge in [-0.3, -0.25) is 4.79 Å². The maximum Gasteiger partial charge on any atom is 0.228 e. The van der Waals surface area contributed by atoms with Crippen LogP contribution in [-0.4, -0.2) is 43.2 Å². The standard InChI is InChI=1S/C14H22N2O2S/c1-11(10-19-3)14(18)15-12-4-6-13(7-5-12)16(2)8-9-17/h4-7,11,17H,8-10H2,1-3H3,(H,15,18). The molecule has 0 radical (unpaired) electrons. The lowest BCUT2D eigenvalue weighted by Gasteiger charge is -2.18. The molecule has 1 aromatic rings. The van der Waals surface area contributed by atoms with Crippen molar-refractivity contribution in [3.8, 4) is 0 Å². The van der Waals surface area contributed by atoms with Gasteiger partial charge in [0.25, 0.3) is 0 Å². The van der Waals surface area contributed by atoms with Crippen LogP contribution in [0.15, 0.2) is 24.3 Å². The molecular formula is C14H22N2O2S. The predicted molar refractivity (Wildman–Crippen MR) is 83.0 cm³/mol. The molecule has 4 nitrogen and oxygen atoms in total. The molecule has 5 heteroatoms. The molecule has 1 aromatic carbocycles. The summed E-state index contributed by atoms with van der Waals surface area (Å²) in [6.45, 7) is 2.65. The van der Waals surface area contributed by atoms with Crippen LogP contribution in [0.2, 0.25) is 0 Å². The van der Waals surface area contributed by atoms with Crippen molar-refractivity contribution in [1.82, 2.24) is 0 Å². The van der Waals surface area contributed by atoms with Crippen LogP contribution in [0.25, 0.3) is 0 Å². The van der Waals surface area contributed by atoms with E-state index in [1.54, 1.807) is 11.8 Å². The molecule has 0 fully saturated rings. The van der Waals surface area contributed by atoms with Crippen molar-refractivity contribution in [3.63, 3.8) is 0 Å². The molecule has 106 valence electrons. The first-order valence-electron chi connectivity index (χ1n) is 6.30. The Kier molecular flexibility index (Phi) is 6.73. The monoisotopic (exact) mass is 282 g/mol. The van der Waals surface area contributed by atoms with E-state index in [9.17, 15) is 4.79 Å². The van der Waals surface area contributed by atoms with Crippen molar-refractivity contribution < 1.29 is 9.90 Å². The van der Waals surface area contributed by atoms with Crippen LogP contribution in [0.1, 0.15) is 6.92 Å². The average molecular weight is 282 g/mol. The van der Waals surface area contributed by atoms with Crippen LogP contribution in [0.5, 0.6) is 0 Å². The fourth-order valence-electron chi connectivity index (χ4n) is 1.67.